The van der Waals surface area contributed by atoms with Crippen molar-refractivity contribution < 1.29 is 9.53 Å². The molecule has 3 heterocycles. The number of anilines is 1. The molecule has 0 atom stereocenters. The lowest BCUT2D eigenvalue weighted by atomic mass is 10.1. The van der Waals surface area contributed by atoms with Crippen LogP contribution in [0.4, 0.5) is 5.82 Å². The standard InChI is InChI=1S/C19H21N5O3/c1-13-5-4-6-24-16(13)21-17(23-9-7-22(2)8-10-23)15(18(24)25)11-14(12-20)19(26)27-3/h4-6,11H,7-10H2,1-3H3. The molecule has 1 fully saturated rings. The van der Waals surface area contributed by atoms with Gasteiger partial charge in [0.15, 0.2) is 0 Å². The number of aromatic nitrogens is 2. The number of esters is 1. The average molecular weight is 367 g/mol. The molecule has 8 nitrogen and oxygen atoms in total. The van der Waals surface area contributed by atoms with Gasteiger partial charge in [-0.25, -0.2) is 9.78 Å². The molecule has 8 heteroatoms. The summed E-state index contributed by atoms with van der Waals surface area (Å²) in [6, 6.07) is 5.46. The molecule has 1 aliphatic heterocycles. The van der Waals surface area contributed by atoms with E-state index in [0.717, 1.165) is 18.7 Å². The topological polar surface area (TPSA) is 90.9 Å². The van der Waals surface area contributed by atoms with Gasteiger partial charge in [-0.05, 0) is 31.7 Å². The fourth-order valence-corrected chi connectivity index (χ4v) is 3.08. The van der Waals surface area contributed by atoms with Crippen LogP contribution in [0, 0.1) is 18.3 Å². The van der Waals surface area contributed by atoms with Crippen LogP contribution in [0.25, 0.3) is 11.7 Å². The van der Waals surface area contributed by atoms with Crippen LogP contribution >= 0.6 is 0 Å². The van der Waals surface area contributed by atoms with E-state index in [1.165, 1.54) is 17.6 Å². The molecule has 0 bridgehead atoms. The van der Waals surface area contributed by atoms with Gasteiger partial charge < -0.3 is 14.5 Å². The largest absolute Gasteiger partial charge is 0.465 e. The van der Waals surface area contributed by atoms with Crippen molar-refractivity contribution >= 4 is 23.5 Å². The highest BCUT2D eigenvalue weighted by molar-refractivity contribution is 5.98. The zero-order valence-corrected chi connectivity index (χ0v) is 15.6. The second kappa shape index (κ2) is 7.60. The second-order valence-electron chi connectivity index (χ2n) is 6.49. The summed E-state index contributed by atoms with van der Waals surface area (Å²) in [4.78, 5) is 33.9. The van der Waals surface area contributed by atoms with Crippen molar-refractivity contribution in [3.63, 3.8) is 0 Å². The van der Waals surface area contributed by atoms with Crippen LogP contribution in [0.5, 0.6) is 0 Å². The number of methoxy groups -OCH3 is 1. The summed E-state index contributed by atoms with van der Waals surface area (Å²) in [5.41, 5.74) is 1.08. The van der Waals surface area contributed by atoms with Crippen molar-refractivity contribution in [2.24, 2.45) is 0 Å². The van der Waals surface area contributed by atoms with E-state index in [0.29, 0.717) is 24.6 Å². The van der Waals surface area contributed by atoms with E-state index in [9.17, 15) is 14.9 Å². The van der Waals surface area contributed by atoms with E-state index in [4.69, 9.17) is 4.98 Å². The van der Waals surface area contributed by atoms with Crippen LogP contribution in [-0.2, 0) is 9.53 Å². The second-order valence-corrected chi connectivity index (χ2v) is 6.49. The van der Waals surface area contributed by atoms with E-state index in [2.05, 4.69) is 9.64 Å². The van der Waals surface area contributed by atoms with Gasteiger partial charge in [0.05, 0.1) is 12.7 Å². The Morgan fingerprint density at radius 1 is 1.33 bits per heavy atom. The lowest BCUT2D eigenvalue weighted by Gasteiger charge is -2.34. The molecule has 0 N–H and O–H groups in total. The number of nitriles is 1. The molecule has 3 rings (SSSR count). The molecule has 1 saturated heterocycles. The molecule has 0 radical (unpaired) electrons. The Kier molecular flexibility index (Phi) is 5.23. The van der Waals surface area contributed by atoms with Crippen molar-refractivity contribution in [2.75, 3.05) is 45.2 Å². The lowest BCUT2D eigenvalue weighted by molar-refractivity contribution is -0.135. The number of likely N-dealkylation sites (N-methyl/N-ethyl adjacent to an activating group) is 1. The van der Waals surface area contributed by atoms with Gasteiger partial charge in [-0.2, -0.15) is 5.26 Å². The Morgan fingerprint density at radius 2 is 2.04 bits per heavy atom. The van der Waals surface area contributed by atoms with Crippen molar-refractivity contribution in [2.45, 2.75) is 6.92 Å². The molecule has 0 unspecified atom stereocenters. The van der Waals surface area contributed by atoms with Gasteiger partial charge in [-0.1, -0.05) is 6.07 Å². The van der Waals surface area contributed by atoms with E-state index < -0.39 is 5.97 Å². The van der Waals surface area contributed by atoms with Gasteiger partial charge in [-0.3, -0.25) is 9.20 Å². The van der Waals surface area contributed by atoms with Gasteiger partial charge in [0.25, 0.3) is 5.56 Å². The van der Waals surface area contributed by atoms with Crippen LogP contribution in [0.15, 0.2) is 28.7 Å². The first-order valence-corrected chi connectivity index (χ1v) is 8.62. The van der Waals surface area contributed by atoms with Gasteiger partial charge in [0, 0.05) is 32.4 Å². The number of fused-ring (bicyclic) bond motifs is 1. The Morgan fingerprint density at radius 3 is 2.67 bits per heavy atom. The monoisotopic (exact) mass is 367 g/mol. The highest BCUT2D eigenvalue weighted by Gasteiger charge is 2.22. The molecular weight excluding hydrogens is 346 g/mol. The lowest BCUT2D eigenvalue weighted by Crippen LogP contribution is -2.45. The summed E-state index contributed by atoms with van der Waals surface area (Å²) < 4.78 is 6.08. The SMILES string of the molecule is COC(=O)C(C#N)=Cc1c(N2CCN(C)CC2)nc2c(C)cccn2c1=O. The number of hydrogen-bond acceptors (Lipinski definition) is 7. The number of rotatable bonds is 3. The summed E-state index contributed by atoms with van der Waals surface area (Å²) in [7, 11) is 3.24. The minimum Gasteiger partial charge on any atom is -0.465 e. The van der Waals surface area contributed by atoms with Crippen LogP contribution in [0.1, 0.15) is 11.1 Å². The molecule has 27 heavy (non-hydrogen) atoms. The molecular formula is C19H21N5O3. The quantitative estimate of drug-likeness (QED) is 0.451. The summed E-state index contributed by atoms with van der Waals surface area (Å²) in [6.45, 7) is 4.96. The normalized spacial score (nSPS) is 15.6. The molecule has 1 aliphatic rings. The highest BCUT2D eigenvalue weighted by Crippen LogP contribution is 2.21. The first-order chi connectivity index (χ1) is 13.0. The Hall–Kier alpha value is -3.18. The maximum Gasteiger partial charge on any atom is 0.348 e. The maximum absolute atomic E-state index is 13.2. The summed E-state index contributed by atoms with van der Waals surface area (Å²) in [5, 5.41) is 9.30. The predicted octanol–water partition coefficient (Wildman–Crippen LogP) is 0.835. The number of pyridine rings is 1. The zero-order valence-electron chi connectivity index (χ0n) is 15.6. The molecule has 0 aromatic carbocycles. The highest BCUT2D eigenvalue weighted by atomic mass is 16.5. The molecule has 0 amide bonds. The smallest absolute Gasteiger partial charge is 0.348 e. The predicted molar refractivity (Wildman–Crippen MR) is 102 cm³/mol. The minimum absolute atomic E-state index is 0.213. The summed E-state index contributed by atoms with van der Waals surface area (Å²) in [5.74, 6) is -0.297. The summed E-state index contributed by atoms with van der Waals surface area (Å²) >= 11 is 0. The number of aryl methyl sites for hydroxylation is 1. The Balaban J connectivity index is 2.26. The van der Waals surface area contributed by atoms with Crippen molar-refractivity contribution in [1.29, 1.82) is 5.26 Å². The van der Waals surface area contributed by atoms with Gasteiger partial charge >= 0.3 is 5.97 Å². The van der Waals surface area contributed by atoms with E-state index in [-0.39, 0.29) is 16.7 Å². The van der Waals surface area contributed by atoms with Crippen LogP contribution in [0.2, 0.25) is 0 Å². The first-order valence-electron chi connectivity index (χ1n) is 8.62. The molecule has 2 aromatic rings. The van der Waals surface area contributed by atoms with Crippen molar-refractivity contribution in [3.05, 3.63) is 45.4 Å². The number of hydrogen-bond donors (Lipinski definition) is 0. The number of carbonyl (C=O) groups excluding carboxylic acids is 1. The maximum atomic E-state index is 13.2. The Labute approximate surface area is 156 Å². The van der Waals surface area contributed by atoms with Crippen molar-refractivity contribution in [3.8, 4) is 6.07 Å². The van der Waals surface area contributed by atoms with Gasteiger partial charge in [-0.15, -0.1) is 0 Å². The molecule has 0 aliphatic carbocycles. The third-order valence-electron chi connectivity index (χ3n) is 4.68. The molecule has 2 aromatic heterocycles. The Bertz CT molecular complexity index is 1010. The summed E-state index contributed by atoms with van der Waals surface area (Å²) in [6.07, 6.45) is 2.91. The third kappa shape index (κ3) is 3.55. The number of piperazine rings is 1. The van der Waals surface area contributed by atoms with Gasteiger partial charge in [0.2, 0.25) is 0 Å². The van der Waals surface area contributed by atoms with E-state index in [1.54, 1.807) is 12.3 Å². The zero-order chi connectivity index (χ0) is 19.6. The molecule has 140 valence electrons. The minimum atomic E-state index is -0.782. The number of carbonyl (C=O) groups is 1. The van der Waals surface area contributed by atoms with Crippen LogP contribution < -0.4 is 10.5 Å². The number of ether oxygens (including phenoxy) is 1. The molecule has 0 saturated carbocycles. The van der Waals surface area contributed by atoms with E-state index in [1.807, 2.05) is 31.0 Å². The van der Waals surface area contributed by atoms with Crippen LogP contribution in [0.3, 0.4) is 0 Å². The van der Waals surface area contributed by atoms with Crippen molar-refractivity contribution in [1.82, 2.24) is 14.3 Å². The average Bonchev–Trinajstić information content (AvgIpc) is 2.68. The van der Waals surface area contributed by atoms with Gasteiger partial charge in [0.1, 0.15) is 23.1 Å². The molecule has 0 spiro atoms. The van der Waals surface area contributed by atoms with Crippen LogP contribution in [-0.4, -0.2) is 60.6 Å². The first kappa shape index (κ1) is 18.6. The third-order valence-corrected chi connectivity index (χ3v) is 4.68. The van der Waals surface area contributed by atoms with E-state index >= 15 is 0 Å². The fraction of sp³-hybridized carbons (Fsp3) is 0.368. The fourth-order valence-electron chi connectivity index (χ4n) is 3.08. The number of nitrogens with zero attached hydrogens (tertiary/aromatic N) is 5.